The number of nitrogens with one attached hydrogen (secondary N) is 1. The summed E-state index contributed by atoms with van der Waals surface area (Å²) in [7, 11) is 0. The Balaban J connectivity index is 1.33. The number of hydrogen-bond donors (Lipinski definition) is 1. The second-order valence-electron chi connectivity index (χ2n) is 8.18. The number of carbonyl (C=O) groups excluding carboxylic acids is 1. The van der Waals surface area contributed by atoms with Crippen LogP contribution in [0.5, 0.6) is 0 Å². The number of pyridine rings is 1. The molecule has 2 aliphatic rings. The predicted molar refractivity (Wildman–Crippen MR) is 122 cm³/mol. The number of anilines is 4. The standard InChI is InChI=1S/C25H26N4O/c1-18-14-19-6-2-3-7-24(19)29(18)23-15-20(16-26-17-23)25(30)27-21-8-10-22(11-9-21)28-12-4-5-13-28/h2-3,6-11,15-18H,4-5,12-14H2,1H3,(H,27,30). The molecule has 0 spiro atoms. The number of para-hydroxylation sites is 1. The molecule has 1 amide bonds. The maximum atomic E-state index is 12.9. The Labute approximate surface area is 177 Å². The molecule has 5 heteroatoms. The van der Waals surface area contributed by atoms with Gasteiger partial charge < -0.3 is 15.1 Å². The molecule has 1 atom stereocenters. The van der Waals surface area contributed by atoms with E-state index in [1.165, 1.54) is 29.8 Å². The van der Waals surface area contributed by atoms with Gasteiger partial charge in [-0.1, -0.05) is 18.2 Å². The molecule has 0 saturated carbocycles. The van der Waals surface area contributed by atoms with Crippen LogP contribution in [-0.4, -0.2) is 30.0 Å². The molecule has 0 bridgehead atoms. The second-order valence-corrected chi connectivity index (χ2v) is 8.18. The van der Waals surface area contributed by atoms with E-state index in [0.29, 0.717) is 11.6 Å². The normalized spacial score (nSPS) is 17.8. The zero-order valence-electron chi connectivity index (χ0n) is 17.2. The summed E-state index contributed by atoms with van der Waals surface area (Å²) in [5.41, 5.74) is 6.06. The zero-order valence-corrected chi connectivity index (χ0v) is 17.2. The summed E-state index contributed by atoms with van der Waals surface area (Å²) in [6.07, 6.45) is 6.96. The molecule has 0 aliphatic carbocycles. The molecule has 1 fully saturated rings. The van der Waals surface area contributed by atoms with Crippen LogP contribution in [0.25, 0.3) is 0 Å². The minimum Gasteiger partial charge on any atom is -0.372 e. The lowest BCUT2D eigenvalue weighted by molar-refractivity contribution is 0.102. The lowest BCUT2D eigenvalue weighted by atomic mass is 10.1. The van der Waals surface area contributed by atoms with E-state index in [1.54, 1.807) is 6.20 Å². The molecule has 30 heavy (non-hydrogen) atoms. The van der Waals surface area contributed by atoms with Crippen LogP contribution in [0.15, 0.2) is 67.0 Å². The van der Waals surface area contributed by atoms with Crippen molar-refractivity contribution in [3.8, 4) is 0 Å². The second kappa shape index (κ2) is 7.82. The number of fused-ring (bicyclic) bond motifs is 1. The highest BCUT2D eigenvalue weighted by Gasteiger charge is 2.27. The molecule has 152 valence electrons. The third-order valence-corrected chi connectivity index (χ3v) is 6.07. The SMILES string of the molecule is CC1Cc2ccccc2N1c1cncc(C(=O)Nc2ccc(N3CCCC3)cc2)c1. The first-order valence-corrected chi connectivity index (χ1v) is 10.7. The molecule has 2 aromatic carbocycles. The number of nitrogens with zero attached hydrogens (tertiary/aromatic N) is 3. The van der Waals surface area contributed by atoms with Gasteiger partial charge in [0.15, 0.2) is 0 Å². The van der Waals surface area contributed by atoms with Gasteiger partial charge in [-0.25, -0.2) is 0 Å². The fraction of sp³-hybridized carbons (Fsp3) is 0.280. The molecule has 2 aliphatic heterocycles. The summed E-state index contributed by atoms with van der Waals surface area (Å²) >= 11 is 0. The van der Waals surface area contributed by atoms with Crippen molar-refractivity contribution in [2.24, 2.45) is 0 Å². The minimum absolute atomic E-state index is 0.140. The first-order valence-electron chi connectivity index (χ1n) is 10.7. The Morgan fingerprint density at radius 1 is 1.00 bits per heavy atom. The van der Waals surface area contributed by atoms with Crippen molar-refractivity contribution in [2.45, 2.75) is 32.2 Å². The van der Waals surface area contributed by atoms with Gasteiger partial charge in [0.2, 0.25) is 0 Å². The van der Waals surface area contributed by atoms with E-state index in [1.807, 2.05) is 24.4 Å². The first-order chi connectivity index (χ1) is 14.7. The Bertz CT molecular complexity index is 1060. The first kappa shape index (κ1) is 18.7. The van der Waals surface area contributed by atoms with Gasteiger partial charge in [0.25, 0.3) is 5.91 Å². The Morgan fingerprint density at radius 3 is 2.57 bits per heavy atom. The summed E-state index contributed by atoms with van der Waals surface area (Å²) in [5, 5.41) is 3.01. The fourth-order valence-corrected chi connectivity index (χ4v) is 4.58. The van der Waals surface area contributed by atoms with Crippen molar-refractivity contribution in [3.63, 3.8) is 0 Å². The van der Waals surface area contributed by atoms with Gasteiger partial charge in [-0.3, -0.25) is 9.78 Å². The van der Waals surface area contributed by atoms with Crippen LogP contribution in [0.4, 0.5) is 22.7 Å². The van der Waals surface area contributed by atoms with Gasteiger partial charge in [0.1, 0.15) is 0 Å². The number of hydrogen-bond acceptors (Lipinski definition) is 4. The van der Waals surface area contributed by atoms with Crippen molar-refractivity contribution in [1.29, 1.82) is 0 Å². The van der Waals surface area contributed by atoms with Crippen LogP contribution < -0.4 is 15.1 Å². The lowest BCUT2D eigenvalue weighted by Gasteiger charge is -2.25. The van der Waals surface area contributed by atoms with Gasteiger partial charge >= 0.3 is 0 Å². The quantitative estimate of drug-likeness (QED) is 0.671. The van der Waals surface area contributed by atoms with E-state index < -0.39 is 0 Å². The summed E-state index contributed by atoms with van der Waals surface area (Å²) < 4.78 is 0. The number of aromatic nitrogens is 1. The molecule has 1 unspecified atom stereocenters. The molecule has 5 nitrogen and oxygen atoms in total. The Kier molecular flexibility index (Phi) is 4.87. The Morgan fingerprint density at radius 2 is 1.77 bits per heavy atom. The molecule has 1 saturated heterocycles. The van der Waals surface area contributed by atoms with Crippen molar-refractivity contribution < 1.29 is 4.79 Å². The summed E-state index contributed by atoms with van der Waals surface area (Å²) in [6.45, 7) is 4.43. The van der Waals surface area contributed by atoms with E-state index in [9.17, 15) is 4.79 Å². The van der Waals surface area contributed by atoms with Crippen molar-refractivity contribution >= 4 is 28.7 Å². The average Bonchev–Trinajstić information content (AvgIpc) is 3.41. The van der Waals surface area contributed by atoms with Crippen LogP contribution in [0, 0.1) is 0 Å². The summed E-state index contributed by atoms with van der Waals surface area (Å²) in [5.74, 6) is -0.140. The highest BCUT2D eigenvalue weighted by Crippen LogP contribution is 2.38. The largest absolute Gasteiger partial charge is 0.372 e. The van der Waals surface area contributed by atoms with Gasteiger partial charge in [0, 0.05) is 42.4 Å². The third kappa shape index (κ3) is 3.52. The maximum Gasteiger partial charge on any atom is 0.257 e. The van der Waals surface area contributed by atoms with Crippen LogP contribution in [0.1, 0.15) is 35.7 Å². The van der Waals surface area contributed by atoms with Crippen LogP contribution in [0.2, 0.25) is 0 Å². The Hall–Kier alpha value is -3.34. The maximum absolute atomic E-state index is 12.9. The molecule has 3 heterocycles. The van der Waals surface area contributed by atoms with Crippen LogP contribution in [0.3, 0.4) is 0 Å². The van der Waals surface area contributed by atoms with Crippen LogP contribution in [-0.2, 0) is 6.42 Å². The highest BCUT2D eigenvalue weighted by molar-refractivity contribution is 6.04. The van der Waals surface area contributed by atoms with E-state index in [0.717, 1.165) is 30.9 Å². The molecule has 3 aromatic rings. The summed E-state index contributed by atoms with van der Waals surface area (Å²) in [6, 6.07) is 18.8. The molecule has 5 rings (SSSR count). The van der Waals surface area contributed by atoms with Gasteiger partial charge in [-0.15, -0.1) is 0 Å². The predicted octanol–water partition coefficient (Wildman–Crippen LogP) is 5.02. The number of carbonyl (C=O) groups is 1. The smallest absolute Gasteiger partial charge is 0.257 e. The molecular weight excluding hydrogens is 372 g/mol. The van der Waals surface area contributed by atoms with E-state index in [2.05, 4.69) is 63.4 Å². The zero-order chi connectivity index (χ0) is 20.5. The van der Waals surface area contributed by atoms with Gasteiger partial charge in [0.05, 0.1) is 17.4 Å². The van der Waals surface area contributed by atoms with Crippen molar-refractivity contribution in [3.05, 3.63) is 78.1 Å². The van der Waals surface area contributed by atoms with Crippen molar-refractivity contribution in [1.82, 2.24) is 4.98 Å². The van der Waals surface area contributed by atoms with E-state index in [-0.39, 0.29) is 5.91 Å². The molecular formula is C25H26N4O. The van der Waals surface area contributed by atoms with Crippen molar-refractivity contribution in [2.75, 3.05) is 28.2 Å². The third-order valence-electron chi connectivity index (χ3n) is 6.07. The molecule has 0 radical (unpaired) electrons. The number of rotatable bonds is 4. The van der Waals surface area contributed by atoms with Crippen LogP contribution >= 0.6 is 0 Å². The molecule has 1 aromatic heterocycles. The topological polar surface area (TPSA) is 48.5 Å². The minimum atomic E-state index is -0.140. The van der Waals surface area contributed by atoms with Gasteiger partial charge in [-0.05, 0) is 68.1 Å². The molecule has 1 N–H and O–H groups in total. The monoisotopic (exact) mass is 398 g/mol. The van der Waals surface area contributed by atoms with Gasteiger partial charge in [-0.2, -0.15) is 0 Å². The number of amides is 1. The highest BCUT2D eigenvalue weighted by atomic mass is 16.1. The summed E-state index contributed by atoms with van der Waals surface area (Å²) in [4.78, 5) is 21.9. The fourth-order valence-electron chi connectivity index (χ4n) is 4.58. The van der Waals surface area contributed by atoms with E-state index in [4.69, 9.17) is 0 Å². The lowest BCUT2D eigenvalue weighted by Crippen LogP contribution is -2.24. The average molecular weight is 399 g/mol. The van der Waals surface area contributed by atoms with E-state index >= 15 is 0 Å². The number of benzene rings is 2.